The fourth-order valence-electron chi connectivity index (χ4n) is 1.83. The van der Waals surface area contributed by atoms with Gasteiger partial charge in [0.05, 0.1) is 5.69 Å². The van der Waals surface area contributed by atoms with E-state index in [4.69, 9.17) is 5.73 Å². The summed E-state index contributed by atoms with van der Waals surface area (Å²) in [5, 5.41) is 4.14. The molecule has 0 unspecified atom stereocenters. The summed E-state index contributed by atoms with van der Waals surface area (Å²) in [6, 6.07) is 10.1. The number of benzene rings is 1. The van der Waals surface area contributed by atoms with Gasteiger partial charge in [0.1, 0.15) is 0 Å². The van der Waals surface area contributed by atoms with Crippen molar-refractivity contribution in [2.24, 2.45) is 0 Å². The average Bonchev–Trinajstić information content (AvgIpc) is 2.68. The molecular formula is C12H11N5. The molecule has 5 heteroatoms. The maximum Gasteiger partial charge on any atom is 0.254 e. The topological polar surface area (TPSA) is 69.1 Å². The lowest BCUT2D eigenvalue weighted by Crippen LogP contribution is -1.96. The zero-order valence-electron chi connectivity index (χ0n) is 9.33. The molecule has 2 heterocycles. The number of hydrogen-bond acceptors (Lipinski definition) is 4. The van der Waals surface area contributed by atoms with Crippen LogP contribution in [0.4, 0.5) is 5.95 Å². The summed E-state index contributed by atoms with van der Waals surface area (Å²) in [6.45, 7) is 2.05. The van der Waals surface area contributed by atoms with Crippen LogP contribution in [0.15, 0.2) is 36.5 Å². The Morgan fingerprint density at radius 3 is 2.94 bits per heavy atom. The molecule has 0 saturated carbocycles. The van der Waals surface area contributed by atoms with Crippen molar-refractivity contribution in [2.75, 3.05) is 5.73 Å². The minimum Gasteiger partial charge on any atom is -0.366 e. The highest BCUT2D eigenvalue weighted by Gasteiger charge is 2.07. The van der Waals surface area contributed by atoms with Gasteiger partial charge in [-0.2, -0.15) is 9.50 Å². The van der Waals surface area contributed by atoms with E-state index < -0.39 is 0 Å². The van der Waals surface area contributed by atoms with Gasteiger partial charge >= 0.3 is 0 Å². The highest BCUT2D eigenvalue weighted by Crippen LogP contribution is 2.20. The third-order valence-electron chi connectivity index (χ3n) is 2.57. The number of nitrogens with two attached hydrogens (primary N) is 1. The SMILES string of the molecule is Cc1cccc(-c2ccnc3nc(N)nn23)c1. The molecule has 0 atom stereocenters. The van der Waals surface area contributed by atoms with Gasteiger partial charge in [0.15, 0.2) is 0 Å². The van der Waals surface area contributed by atoms with Crippen molar-refractivity contribution in [2.45, 2.75) is 6.92 Å². The number of aromatic nitrogens is 4. The smallest absolute Gasteiger partial charge is 0.254 e. The molecule has 0 spiro atoms. The van der Waals surface area contributed by atoms with Crippen LogP contribution in [0.25, 0.3) is 17.0 Å². The first-order chi connectivity index (χ1) is 8.24. The molecule has 17 heavy (non-hydrogen) atoms. The molecule has 3 rings (SSSR count). The Hall–Kier alpha value is -2.43. The van der Waals surface area contributed by atoms with E-state index in [0.29, 0.717) is 5.78 Å². The van der Waals surface area contributed by atoms with E-state index in [2.05, 4.69) is 34.1 Å². The van der Waals surface area contributed by atoms with Crippen molar-refractivity contribution in [1.82, 2.24) is 19.6 Å². The van der Waals surface area contributed by atoms with E-state index in [1.165, 1.54) is 5.56 Å². The minimum atomic E-state index is 0.234. The summed E-state index contributed by atoms with van der Waals surface area (Å²) in [7, 11) is 0. The molecule has 0 aliphatic heterocycles. The third kappa shape index (κ3) is 1.61. The van der Waals surface area contributed by atoms with Crippen molar-refractivity contribution in [3.63, 3.8) is 0 Å². The summed E-state index contributed by atoms with van der Waals surface area (Å²) in [5.41, 5.74) is 8.78. The summed E-state index contributed by atoms with van der Waals surface area (Å²) in [5.74, 6) is 0.749. The molecule has 1 aromatic carbocycles. The quantitative estimate of drug-likeness (QED) is 0.684. The number of nitrogens with zero attached hydrogens (tertiary/aromatic N) is 4. The third-order valence-corrected chi connectivity index (χ3v) is 2.57. The molecule has 0 saturated heterocycles. The van der Waals surface area contributed by atoms with Gasteiger partial charge in [-0.3, -0.25) is 0 Å². The van der Waals surface area contributed by atoms with Crippen LogP contribution < -0.4 is 5.73 Å². The summed E-state index contributed by atoms with van der Waals surface area (Å²) in [4.78, 5) is 8.16. The molecule has 84 valence electrons. The Kier molecular flexibility index (Phi) is 2.04. The highest BCUT2D eigenvalue weighted by atomic mass is 15.4. The van der Waals surface area contributed by atoms with E-state index in [0.717, 1.165) is 11.3 Å². The molecule has 0 aliphatic carbocycles. The lowest BCUT2D eigenvalue weighted by Gasteiger charge is -2.04. The van der Waals surface area contributed by atoms with Gasteiger partial charge in [-0.05, 0) is 19.1 Å². The van der Waals surface area contributed by atoms with Crippen molar-refractivity contribution in [3.05, 3.63) is 42.1 Å². The van der Waals surface area contributed by atoms with Crippen molar-refractivity contribution in [3.8, 4) is 11.3 Å². The molecular weight excluding hydrogens is 214 g/mol. The molecule has 5 nitrogen and oxygen atoms in total. The second-order valence-electron chi connectivity index (χ2n) is 3.88. The van der Waals surface area contributed by atoms with Gasteiger partial charge in [-0.15, -0.1) is 5.10 Å². The predicted molar refractivity (Wildman–Crippen MR) is 65.4 cm³/mol. The molecule has 0 radical (unpaired) electrons. The Morgan fingerprint density at radius 2 is 2.12 bits per heavy atom. The number of hydrogen-bond donors (Lipinski definition) is 1. The van der Waals surface area contributed by atoms with Gasteiger partial charge in [-0.1, -0.05) is 23.8 Å². The van der Waals surface area contributed by atoms with Crippen molar-refractivity contribution < 1.29 is 0 Å². The first kappa shape index (κ1) is 9.77. The summed E-state index contributed by atoms with van der Waals surface area (Å²) >= 11 is 0. The largest absolute Gasteiger partial charge is 0.366 e. The van der Waals surface area contributed by atoms with Crippen LogP contribution in [0, 0.1) is 6.92 Å². The molecule has 0 amide bonds. The normalized spacial score (nSPS) is 10.9. The van der Waals surface area contributed by atoms with Crippen LogP contribution in [-0.2, 0) is 0 Å². The van der Waals surface area contributed by atoms with Gasteiger partial charge in [-0.25, -0.2) is 4.98 Å². The Labute approximate surface area is 97.9 Å². The second kappa shape index (κ2) is 3.55. The van der Waals surface area contributed by atoms with Gasteiger partial charge in [0.25, 0.3) is 5.78 Å². The van der Waals surface area contributed by atoms with E-state index in [9.17, 15) is 0 Å². The van der Waals surface area contributed by atoms with Crippen LogP contribution in [0.3, 0.4) is 0 Å². The number of anilines is 1. The van der Waals surface area contributed by atoms with Crippen molar-refractivity contribution >= 4 is 11.7 Å². The molecule has 0 bridgehead atoms. The van der Waals surface area contributed by atoms with E-state index >= 15 is 0 Å². The number of rotatable bonds is 1. The van der Waals surface area contributed by atoms with Crippen LogP contribution in [-0.4, -0.2) is 19.6 Å². The number of fused-ring (bicyclic) bond motifs is 1. The molecule has 0 aliphatic rings. The average molecular weight is 225 g/mol. The fourth-order valence-corrected chi connectivity index (χ4v) is 1.83. The zero-order valence-corrected chi connectivity index (χ0v) is 9.33. The Bertz CT molecular complexity index is 686. The van der Waals surface area contributed by atoms with Crippen LogP contribution in [0.2, 0.25) is 0 Å². The zero-order chi connectivity index (χ0) is 11.8. The molecule has 2 aromatic heterocycles. The Morgan fingerprint density at radius 1 is 1.24 bits per heavy atom. The monoisotopic (exact) mass is 225 g/mol. The predicted octanol–water partition coefficient (Wildman–Crippen LogP) is 1.68. The van der Waals surface area contributed by atoms with Gasteiger partial charge < -0.3 is 5.73 Å². The number of aryl methyl sites for hydroxylation is 1. The standard InChI is InChI=1S/C12H11N5/c1-8-3-2-4-9(7-8)10-5-6-14-12-15-11(13)16-17(10)12/h2-7H,1H3,(H2,13,16). The van der Waals surface area contributed by atoms with Gasteiger partial charge in [0, 0.05) is 11.8 Å². The van der Waals surface area contributed by atoms with Crippen molar-refractivity contribution in [1.29, 1.82) is 0 Å². The fraction of sp³-hybridized carbons (Fsp3) is 0.0833. The van der Waals surface area contributed by atoms with Gasteiger partial charge in [0.2, 0.25) is 5.95 Å². The van der Waals surface area contributed by atoms with E-state index in [-0.39, 0.29) is 5.95 Å². The highest BCUT2D eigenvalue weighted by molar-refractivity contribution is 5.62. The molecule has 2 N–H and O–H groups in total. The van der Waals surface area contributed by atoms with Crippen LogP contribution >= 0.6 is 0 Å². The summed E-state index contributed by atoms with van der Waals surface area (Å²) < 4.78 is 1.66. The van der Waals surface area contributed by atoms with Crippen LogP contribution in [0.5, 0.6) is 0 Å². The Balaban J connectivity index is 2.30. The van der Waals surface area contributed by atoms with E-state index in [1.54, 1.807) is 10.7 Å². The molecule has 0 fully saturated rings. The van der Waals surface area contributed by atoms with Crippen LogP contribution in [0.1, 0.15) is 5.56 Å². The lowest BCUT2D eigenvalue weighted by molar-refractivity contribution is 0.952. The maximum atomic E-state index is 5.58. The lowest BCUT2D eigenvalue weighted by atomic mass is 10.1. The minimum absolute atomic E-state index is 0.234. The van der Waals surface area contributed by atoms with E-state index in [1.807, 2.05) is 18.2 Å². The first-order valence-electron chi connectivity index (χ1n) is 5.28. The number of nitrogen functional groups attached to an aromatic ring is 1. The molecule has 3 aromatic rings. The second-order valence-corrected chi connectivity index (χ2v) is 3.88. The first-order valence-corrected chi connectivity index (χ1v) is 5.28. The maximum absolute atomic E-state index is 5.58. The summed E-state index contributed by atoms with van der Waals surface area (Å²) in [6.07, 6.45) is 1.71.